The molecule has 0 amide bonds. The summed E-state index contributed by atoms with van der Waals surface area (Å²) in [6.07, 6.45) is 5.18. The van der Waals surface area contributed by atoms with E-state index in [0.29, 0.717) is 16.8 Å². The first-order valence-corrected chi connectivity index (χ1v) is 14.2. The quantitative estimate of drug-likeness (QED) is 0.303. The van der Waals surface area contributed by atoms with Crippen molar-refractivity contribution in [2.45, 2.75) is 44.0 Å². The third-order valence-electron chi connectivity index (χ3n) is 6.72. The fourth-order valence-electron chi connectivity index (χ4n) is 4.70. The molecule has 3 aromatic rings. The average Bonchev–Trinajstić information content (AvgIpc) is 2.92. The molecule has 0 bridgehead atoms. The minimum atomic E-state index is -3.47. The third-order valence-corrected chi connectivity index (χ3v) is 9.46. The Kier molecular flexibility index (Phi) is 8.60. The van der Waals surface area contributed by atoms with Gasteiger partial charge in [0, 0.05) is 30.8 Å². The van der Waals surface area contributed by atoms with Crippen LogP contribution in [0.15, 0.2) is 72.8 Å². The van der Waals surface area contributed by atoms with E-state index < -0.39 is 13.2 Å². The standard InChI is InChI=1S/C29H37N2O4P/c1-31(2)24-16-18-26(19-17-24)36(32,35-25-13-9-6-10-14-25)29(30-23-11-7-5-8-12-23)22-15-20-27(33-3)28(21-22)34-4/h5,7-8,11-12,15-21,25,29-30H,6,9-10,13-14H2,1-4H3/t29-,36-/m0/s1. The van der Waals surface area contributed by atoms with Crippen molar-refractivity contribution in [3.05, 3.63) is 78.4 Å². The van der Waals surface area contributed by atoms with E-state index in [2.05, 4.69) is 5.32 Å². The second-order valence-corrected chi connectivity index (χ2v) is 11.8. The van der Waals surface area contributed by atoms with Crippen LogP contribution in [0.25, 0.3) is 0 Å². The molecule has 36 heavy (non-hydrogen) atoms. The third kappa shape index (κ3) is 5.88. The maximum Gasteiger partial charge on any atom is 0.258 e. The number of hydrogen-bond acceptors (Lipinski definition) is 6. The molecule has 1 N–H and O–H groups in total. The van der Waals surface area contributed by atoms with Gasteiger partial charge in [-0.3, -0.25) is 4.57 Å². The number of nitrogens with zero attached hydrogens (tertiary/aromatic N) is 1. The van der Waals surface area contributed by atoms with Crippen LogP contribution in [0.4, 0.5) is 11.4 Å². The second kappa shape index (κ2) is 11.9. The van der Waals surface area contributed by atoms with Gasteiger partial charge in [0.05, 0.1) is 20.3 Å². The Morgan fingerprint density at radius 3 is 2.14 bits per heavy atom. The monoisotopic (exact) mass is 508 g/mol. The summed E-state index contributed by atoms with van der Waals surface area (Å²) in [5.41, 5.74) is 2.73. The van der Waals surface area contributed by atoms with Gasteiger partial charge in [0.15, 0.2) is 11.5 Å². The number of methoxy groups -OCH3 is 2. The summed E-state index contributed by atoms with van der Waals surface area (Å²) in [6, 6.07) is 23.4. The van der Waals surface area contributed by atoms with Gasteiger partial charge in [-0.1, -0.05) is 43.5 Å². The van der Waals surface area contributed by atoms with Crippen LogP contribution in [-0.2, 0) is 9.09 Å². The van der Waals surface area contributed by atoms with Gasteiger partial charge in [-0.25, -0.2) is 0 Å². The van der Waals surface area contributed by atoms with Crippen LogP contribution in [0.5, 0.6) is 11.5 Å². The first-order valence-electron chi connectivity index (χ1n) is 12.5. The van der Waals surface area contributed by atoms with Crippen LogP contribution in [0.1, 0.15) is 43.5 Å². The molecule has 0 radical (unpaired) electrons. The van der Waals surface area contributed by atoms with Crippen LogP contribution < -0.4 is 25.0 Å². The van der Waals surface area contributed by atoms with Gasteiger partial charge < -0.3 is 24.2 Å². The predicted molar refractivity (Wildman–Crippen MR) is 148 cm³/mol. The van der Waals surface area contributed by atoms with Gasteiger partial charge in [0.1, 0.15) is 5.78 Å². The molecule has 1 saturated carbocycles. The SMILES string of the molecule is COc1ccc([C@@H](Nc2ccccc2)[P@@](=O)(OC2CCCCC2)c2ccc(N(C)C)cc2)cc1OC. The van der Waals surface area contributed by atoms with Gasteiger partial charge in [0.25, 0.3) is 7.37 Å². The Balaban J connectivity index is 1.85. The normalized spacial score (nSPS) is 16.6. The van der Waals surface area contributed by atoms with Gasteiger partial charge in [-0.05, 0) is 66.9 Å². The smallest absolute Gasteiger partial charge is 0.258 e. The lowest BCUT2D eigenvalue weighted by Crippen LogP contribution is -2.25. The van der Waals surface area contributed by atoms with E-state index in [0.717, 1.165) is 42.6 Å². The number of benzene rings is 3. The van der Waals surface area contributed by atoms with E-state index in [4.69, 9.17) is 14.0 Å². The fourth-order valence-corrected chi connectivity index (χ4v) is 7.33. The van der Waals surface area contributed by atoms with Gasteiger partial charge >= 0.3 is 0 Å². The highest BCUT2D eigenvalue weighted by atomic mass is 31.2. The molecule has 0 heterocycles. The van der Waals surface area contributed by atoms with Gasteiger partial charge in [0.2, 0.25) is 0 Å². The van der Waals surface area contributed by atoms with Crippen molar-refractivity contribution >= 4 is 24.0 Å². The minimum absolute atomic E-state index is 0.0432. The van der Waals surface area contributed by atoms with Crippen molar-refractivity contribution in [2.24, 2.45) is 0 Å². The van der Waals surface area contributed by atoms with Crippen LogP contribution in [0, 0.1) is 0 Å². The van der Waals surface area contributed by atoms with Gasteiger partial charge in [-0.2, -0.15) is 0 Å². The Labute approximate surface area is 215 Å². The molecule has 0 spiro atoms. The first-order chi connectivity index (χ1) is 17.4. The summed E-state index contributed by atoms with van der Waals surface area (Å²) in [7, 11) is 3.75. The first kappa shape index (κ1) is 26.1. The number of rotatable bonds is 10. The zero-order valence-electron chi connectivity index (χ0n) is 21.6. The zero-order chi connectivity index (χ0) is 25.5. The molecular weight excluding hydrogens is 471 g/mol. The maximum atomic E-state index is 15.3. The van der Waals surface area contributed by atoms with E-state index in [1.54, 1.807) is 14.2 Å². The molecule has 6 nitrogen and oxygen atoms in total. The number of nitrogens with one attached hydrogen (secondary N) is 1. The summed E-state index contributed by atoms with van der Waals surface area (Å²) < 4.78 is 33.0. The molecule has 3 aromatic carbocycles. The Hall–Kier alpha value is -2.95. The van der Waals surface area contributed by atoms with E-state index in [1.807, 2.05) is 91.8 Å². The van der Waals surface area contributed by atoms with E-state index >= 15 is 4.57 Å². The van der Waals surface area contributed by atoms with Crippen molar-refractivity contribution < 1.29 is 18.6 Å². The number of hydrogen-bond donors (Lipinski definition) is 1. The predicted octanol–water partition coefficient (Wildman–Crippen LogP) is 6.83. The van der Waals surface area contributed by atoms with Crippen LogP contribution >= 0.6 is 7.37 Å². The fraction of sp³-hybridized carbons (Fsp3) is 0.379. The molecule has 0 aliphatic heterocycles. The van der Waals surface area contributed by atoms with Crippen molar-refractivity contribution in [1.29, 1.82) is 0 Å². The Bertz CT molecular complexity index is 1160. The highest BCUT2D eigenvalue weighted by Gasteiger charge is 2.40. The van der Waals surface area contributed by atoms with E-state index in [9.17, 15) is 0 Å². The number of ether oxygens (including phenoxy) is 2. The molecular formula is C29H37N2O4P. The topological polar surface area (TPSA) is 60.0 Å². The van der Waals surface area contributed by atoms with Crippen molar-refractivity contribution in [1.82, 2.24) is 0 Å². The lowest BCUT2D eigenvalue weighted by molar-refractivity contribution is 0.159. The average molecular weight is 509 g/mol. The van der Waals surface area contributed by atoms with Crippen molar-refractivity contribution in [3.63, 3.8) is 0 Å². The Morgan fingerprint density at radius 2 is 1.53 bits per heavy atom. The van der Waals surface area contributed by atoms with Crippen LogP contribution in [-0.4, -0.2) is 34.4 Å². The zero-order valence-corrected chi connectivity index (χ0v) is 22.5. The number of anilines is 2. The summed E-state index contributed by atoms with van der Waals surface area (Å²) in [5, 5.41) is 4.25. The molecule has 0 saturated heterocycles. The highest BCUT2D eigenvalue weighted by molar-refractivity contribution is 7.67. The summed E-state index contributed by atoms with van der Waals surface area (Å²) in [6.45, 7) is 0. The highest BCUT2D eigenvalue weighted by Crippen LogP contribution is 2.61. The molecule has 1 aliphatic carbocycles. The molecule has 2 atom stereocenters. The lowest BCUT2D eigenvalue weighted by atomic mass is 9.98. The summed E-state index contributed by atoms with van der Waals surface area (Å²) >= 11 is 0. The molecule has 0 unspecified atom stereocenters. The van der Waals surface area contributed by atoms with Crippen LogP contribution in [0.3, 0.4) is 0 Å². The van der Waals surface area contributed by atoms with E-state index in [1.165, 1.54) is 6.42 Å². The molecule has 7 heteroatoms. The lowest BCUT2D eigenvalue weighted by Gasteiger charge is -2.34. The largest absolute Gasteiger partial charge is 0.493 e. The Morgan fingerprint density at radius 1 is 0.861 bits per heavy atom. The molecule has 1 fully saturated rings. The summed E-state index contributed by atoms with van der Waals surface area (Å²) in [5.74, 6) is 0.590. The van der Waals surface area contributed by atoms with Crippen LogP contribution in [0.2, 0.25) is 0 Å². The van der Waals surface area contributed by atoms with E-state index in [-0.39, 0.29) is 6.10 Å². The molecule has 192 valence electrons. The molecule has 0 aromatic heterocycles. The van der Waals surface area contributed by atoms with Crippen molar-refractivity contribution in [3.8, 4) is 11.5 Å². The molecule has 1 aliphatic rings. The second-order valence-electron chi connectivity index (χ2n) is 9.40. The minimum Gasteiger partial charge on any atom is -0.493 e. The van der Waals surface area contributed by atoms with Gasteiger partial charge in [-0.15, -0.1) is 0 Å². The van der Waals surface area contributed by atoms with Crippen molar-refractivity contribution in [2.75, 3.05) is 38.5 Å². The maximum absolute atomic E-state index is 15.3. The summed E-state index contributed by atoms with van der Waals surface area (Å²) in [4.78, 5) is 2.03. The molecule has 4 rings (SSSR count). The number of para-hydroxylation sites is 1.